The first-order valence-electron chi connectivity index (χ1n) is 22.2. The molecule has 0 unspecified atom stereocenters. The van der Waals surface area contributed by atoms with Crippen molar-refractivity contribution >= 4 is 20.2 Å². The Bertz CT molecular complexity index is 1820. The van der Waals surface area contributed by atoms with Gasteiger partial charge in [-0.2, -0.15) is 0 Å². The van der Waals surface area contributed by atoms with Crippen LogP contribution < -0.4 is 0 Å². The Hall–Kier alpha value is -2.41. The first kappa shape index (κ1) is 48.1. The normalized spacial score (nSPS) is 28.0. The van der Waals surface area contributed by atoms with E-state index in [0.29, 0.717) is 19.8 Å². The van der Waals surface area contributed by atoms with Crippen molar-refractivity contribution in [2.45, 2.75) is 146 Å². The summed E-state index contributed by atoms with van der Waals surface area (Å²) in [4.78, 5) is 28.9. The first-order valence-corrected chi connectivity index (χ1v) is 32.2. The Morgan fingerprint density at radius 2 is 1.49 bits per heavy atom. The topological polar surface area (TPSA) is 102 Å². The molecule has 3 fully saturated rings. The number of ether oxygens (including phenoxy) is 7. The molecule has 0 aliphatic carbocycles. The van der Waals surface area contributed by atoms with Crippen molar-refractivity contribution < 1.29 is 66.1 Å². The molecule has 6 rings (SSSR count). The number of hydrogen-bond donors (Lipinski definition) is 0. The summed E-state index contributed by atoms with van der Waals surface area (Å²) in [6.07, 6.45) is 0.980. The van der Waals surface area contributed by atoms with E-state index in [-0.39, 0.29) is 52.2 Å². The number of nitrogens with zero attached hydrogens (tertiary/aromatic N) is 1. The first-order chi connectivity index (χ1) is 29.2. The van der Waals surface area contributed by atoms with E-state index in [4.69, 9.17) is 41.4 Å². The average molecular weight is 1050 g/mol. The minimum atomic E-state index is -2.23. The maximum absolute atomic E-state index is 14.3. The van der Waals surface area contributed by atoms with Gasteiger partial charge in [-0.1, -0.05) is 6.07 Å². The van der Waals surface area contributed by atoms with Gasteiger partial charge in [-0.05, 0) is 0 Å². The third-order valence-corrected chi connectivity index (χ3v) is 21.7. The molecule has 3 heterocycles. The number of amides is 2. The molecule has 330 valence electrons. The number of imide groups is 1. The average Bonchev–Trinajstić information content (AvgIpc) is 3.74. The van der Waals surface area contributed by atoms with Crippen molar-refractivity contribution in [2.24, 2.45) is 23.7 Å². The monoisotopic (exact) mass is 1050 g/mol. The van der Waals surface area contributed by atoms with E-state index >= 15 is 0 Å². The molecule has 61 heavy (non-hydrogen) atoms. The fourth-order valence-corrected chi connectivity index (χ4v) is 17.7. The number of halogens is 1. The van der Waals surface area contributed by atoms with E-state index in [9.17, 15) is 9.59 Å². The zero-order chi connectivity index (χ0) is 43.7. The molecule has 0 aromatic heterocycles. The van der Waals surface area contributed by atoms with E-state index in [1.54, 1.807) is 0 Å². The van der Waals surface area contributed by atoms with Gasteiger partial charge in [0.2, 0.25) is 0 Å². The SMILES string of the molecule is C[C@@H]([C@H](OCOCc1ccccc1)[C@@H]([Hg][Cl])[C@H]1CC[C@H](C)[C@@H]([C@@H](C)C(=O)N2C(=O)O[C@@H](c3ccccc3)[C@H]2C)O1)[C@@H](CC[C@H](C)[C@]1(C)COC(C)(C)O1)OCc1ccccc1. The Balaban J connectivity index is 1.22. The molecule has 3 aliphatic rings. The predicted molar refractivity (Wildman–Crippen MR) is 231 cm³/mol. The van der Waals surface area contributed by atoms with E-state index < -0.39 is 65.0 Å². The van der Waals surface area contributed by atoms with Gasteiger partial charge >= 0.3 is 376 Å². The van der Waals surface area contributed by atoms with Gasteiger partial charge in [0, 0.05) is 0 Å². The van der Waals surface area contributed by atoms with Crippen molar-refractivity contribution in [1.29, 1.82) is 0 Å². The quantitative estimate of drug-likeness (QED) is 0.0622. The van der Waals surface area contributed by atoms with Crippen molar-refractivity contribution in [3.05, 3.63) is 108 Å². The van der Waals surface area contributed by atoms with Crippen LogP contribution in [-0.2, 0) is 74.5 Å². The van der Waals surface area contributed by atoms with E-state index in [0.717, 1.165) is 42.4 Å². The van der Waals surface area contributed by atoms with Crippen molar-refractivity contribution in [3.8, 4) is 0 Å². The maximum atomic E-state index is 14.3. The second-order valence-electron chi connectivity index (χ2n) is 18.3. The van der Waals surface area contributed by atoms with E-state index in [2.05, 4.69) is 39.8 Å². The fraction of sp³-hybridized carbons (Fsp3) is 0.592. The molecule has 0 bridgehead atoms. The van der Waals surface area contributed by atoms with Gasteiger partial charge in [0.25, 0.3) is 0 Å². The molecule has 3 aliphatic heterocycles. The minimum absolute atomic E-state index is 0.0439. The third kappa shape index (κ3) is 12.2. The predicted octanol–water partition coefficient (Wildman–Crippen LogP) is 10.7. The molecule has 0 saturated carbocycles. The number of hydrogen-bond acceptors (Lipinski definition) is 9. The van der Waals surface area contributed by atoms with Gasteiger partial charge in [0.05, 0.1) is 0 Å². The molecule has 3 aromatic rings. The van der Waals surface area contributed by atoms with Gasteiger partial charge in [0.1, 0.15) is 0 Å². The van der Waals surface area contributed by atoms with Crippen LogP contribution in [0.3, 0.4) is 0 Å². The van der Waals surface area contributed by atoms with Crippen LogP contribution in [0.1, 0.15) is 104 Å². The standard InChI is InChI=1S/C49H66NO9.ClH.Hg/c1-33-24-26-41(57-44(33)36(4)46(51)50-37(5)45(58-47(50)52)40-22-16-11-17-23-40)28-43(55-32-53-29-38-18-12-9-13-19-38)35(3)42(54-30-39-20-14-10-15-21-39)27-25-34(2)49(8)31-56-48(6,7)59-49;;/h9-23,28,33-37,41-45H,24-27,29-32H2,1-8H3;1H;/q;;+1/p-1/t33-,34-,35+,36+,37+,41+,42+,43+,44-,45+,49-;;/m0../s1. The summed E-state index contributed by atoms with van der Waals surface area (Å²) in [5.74, 6) is -1.30. The van der Waals surface area contributed by atoms with Crippen LogP contribution in [0.2, 0.25) is 3.43 Å². The summed E-state index contributed by atoms with van der Waals surface area (Å²) in [6, 6.07) is 29.5. The van der Waals surface area contributed by atoms with Crippen LogP contribution in [0.15, 0.2) is 91.0 Å². The molecule has 12 atom stereocenters. The summed E-state index contributed by atoms with van der Waals surface area (Å²) in [5, 5.41) is 0. The summed E-state index contributed by atoms with van der Waals surface area (Å²) >= 11 is -2.23. The van der Waals surface area contributed by atoms with E-state index in [1.165, 1.54) is 4.90 Å². The van der Waals surface area contributed by atoms with Gasteiger partial charge in [-0.3, -0.25) is 0 Å². The molecule has 0 spiro atoms. The number of benzene rings is 3. The van der Waals surface area contributed by atoms with Gasteiger partial charge < -0.3 is 0 Å². The molecule has 3 saturated heterocycles. The van der Waals surface area contributed by atoms with Crippen LogP contribution in [0.25, 0.3) is 0 Å². The third-order valence-electron chi connectivity index (χ3n) is 13.4. The van der Waals surface area contributed by atoms with Crippen molar-refractivity contribution in [1.82, 2.24) is 4.90 Å². The summed E-state index contributed by atoms with van der Waals surface area (Å²) < 4.78 is 45.2. The molecule has 2 amide bonds. The number of carbonyl (C=O) groups excluding carboxylic acids is 2. The van der Waals surface area contributed by atoms with Crippen LogP contribution >= 0.6 is 8.25 Å². The second kappa shape index (κ2) is 22.0. The number of carbonyl (C=O) groups is 2. The van der Waals surface area contributed by atoms with E-state index in [1.807, 2.05) is 107 Å². The Morgan fingerprint density at radius 3 is 2.10 bits per heavy atom. The summed E-state index contributed by atoms with van der Waals surface area (Å²) in [7, 11) is 7.24. The Labute approximate surface area is 379 Å². The molecular weight excluding hydrogens is 983 g/mol. The zero-order valence-electron chi connectivity index (χ0n) is 37.4. The fourth-order valence-electron chi connectivity index (χ4n) is 9.44. The molecule has 12 heteroatoms. The van der Waals surface area contributed by atoms with Crippen LogP contribution in [0.4, 0.5) is 4.79 Å². The van der Waals surface area contributed by atoms with Crippen molar-refractivity contribution in [2.75, 3.05) is 13.4 Å². The summed E-state index contributed by atoms with van der Waals surface area (Å²) in [6.45, 7) is 17.9. The number of rotatable bonds is 20. The van der Waals surface area contributed by atoms with Crippen LogP contribution in [0, 0.1) is 23.7 Å². The molecule has 3 aromatic carbocycles. The Kier molecular flexibility index (Phi) is 17.3. The summed E-state index contributed by atoms with van der Waals surface area (Å²) in [5.41, 5.74) is 2.60. The van der Waals surface area contributed by atoms with Gasteiger partial charge in [-0.25, -0.2) is 0 Å². The molecular formula is C49H66ClHgNO9. The second-order valence-corrected chi connectivity index (χ2v) is 25.9. The molecule has 10 nitrogen and oxygen atoms in total. The van der Waals surface area contributed by atoms with Crippen LogP contribution in [0.5, 0.6) is 0 Å². The van der Waals surface area contributed by atoms with Gasteiger partial charge in [0.15, 0.2) is 0 Å². The zero-order valence-corrected chi connectivity index (χ0v) is 43.6. The van der Waals surface area contributed by atoms with Crippen LogP contribution in [-0.4, -0.2) is 72.1 Å². The van der Waals surface area contributed by atoms with Gasteiger partial charge in [-0.15, -0.1) is 0 Å². The molecule has 0 radical (unpaired) electrons. The van der Waals surface area contributed by atoms with Crippen molar-refractivity contribution in [3.63, 3.8) is 0 Å². The molecule has 0 N–H and O–H groups in total. The Morgan fingerprint density at radius 1 is 0.869 bits per heavy atom. The number of cyclic esters (lactones) is 1.